The van der Waals surface area contributed by atoms with Gasteiger partial charge in [0.1, 0.15) is 11.5 Å². The second kappa shape index (κ2) is 7.33. The first kappa shape index (κ1) is 17.8. The number of ether oxygens (including phenoxy) is 2. The van der Waals surface area contributed by atoms with Crippen molar-refractivity contribution in [2.45, 2.75) is 39.0 Å². The predicted molar refractivity (Wildman–Crippen MR) is 91.9 cm³/mol. The van der Waals surface area contributed by atoms with Gasteiger partial charge in [-0.2, -0.15) is 0 Å². The lowest BCUT2D eigenvalue weighted by Gasteiger charge is -2.18. The maximum absolute atomic E-state index is 12.6. The molecule has 1 aromatic rings. The molecule has 3 nitrogen and oxygen atoms in total. The van der Waals surface area contributed by atoms with E-state index in [1.165, 1.54) is 0 Å². The fraction of sp³-hybridized carbons (Fsp3) is 0.588. The van der Waals surface area contributed by atoms with Crippen molar-refractivity contribution in [1.29, 1.82) is 0 Å². The summed E-state index contributed by atoms with van der Waals surface area (Å²) in [6.07, 6.45) is 2.58. The van der Waals surface area contributed by atoms with Crippen LogP contribution in [0, 0.1) is 5.41 Å². The molecule has 0 amide bonds. The molecule has 1 aromatic carbocycles. The van der Waals surface area contributed by atoms with Gasteiger partial charge in [0.25, 0.3) is 0 Å². The highest BCUT2D eigenvalue weighted by Gasteiger charge is 2.41. The number of Topliss-reactive ketones (excluding diaryl/α,β-unsaturated/α-hetero) is 1. The highest BCUT2D eigenvalue weighted by atomic mass is 79.9. The maximum atomic E-state index is 12.6. The molecule has 1 saturated carbocycles. The van der Waals surface area contributed by atoms with E-state index in [0.717, 1.165) is 29.3 Å². The summed E-state index contributed by atoms with van der Waals surface area (Å²) in [6.45, 7) is 5.22. The van der Waals surface area contributed by atoms with Crippen LogP contribution in [-0.2, 0) is 9.53 Å². The summed E-state index contributed by atoms with van der Waals surface area (Å²) in [5.41, 5.74) is 0.727. The average Bonchev–Trinajstić information content (AvgIpc) is 2.72. The Morgan fingerprint density at radius 1 is 1.36 bits per heavy atom. The van der Waals surface area contributed by atoms with Gasteiger partial charge in [-0.15, -0.1) is 0 Å². The Labute approximate surface area is 145 Å². The first-order valence-electron chi connectivity index (χ1n) is 7.52. The van der Waals surface area contributed by atoms with E-state index in [1.54, 1.807) is 7.11 Å². The Morgan fingerprint density at radius 2 is 2.09 bits per heavy atom. The van der Waals surface area contributed by atoms with Gasteiger partial charge in [-0.25, -0.2) is 0 Å². The Bertz CT molecular complexity index is 557. The van der Waals surface area contributed by atoms with E-state index in [9.17, 15) is 4.79 Å². The average molecular weight is 390 g/mol. The minimum absolute atomic E-state index is 0.0806. The number of methoxy groups -OCH3 is 1. The number of carbonyl (C=O) groups excluding carboxylic acids is 1. The molecule has 0 radical (unpaired) electrons. The summed E-state index contributed by atoms with van der Waals surface area (Å²) in [5, 5.41) is 0.553. The van der Waals surface area contributed by atoms with E-state index in [2.05, 4.69) is 15.9 Å². The van der Waals surface area contributed by atoms with Crippen molar-refractivity contribution < 1.29 is 14.3 Å². The van der Waals surface area contributed by atoms with Crippen LogP contribution in [-0.4, -0.2) is 26.1 Å². The van der Waals surface area contributed by atoms with E-state index < -0.39 is 0 Å². The SMILES string of the molecule is COCCCOc1cc([C@@H]2CCC(C)(C)C2=O)c(Br)cc1Cl. The van der Waals surface area contributed by atoms with Crippen molar-refractivity contribution in [3.63, 3.8) is 0 Å². The number of ketones is 1. The number of rotatable bonds is 6. The third kappa shape index (κ3) is 3.84. The highest BCUT2D eigenvalue weighted by molar-refractivity contribution is 9.10. The third-order valence-electron chi connectivity index (χ3n) is 4.22. The molecule has 1 fully saturated rings. The second-order valence-electron chi connectivity index (χ2n) is 6.34. The van der Waals surface area contributed by atoms with Crippen LogP contribution >= 0.6 is 27.5 Å². The van der Waals surface area contributed by atoms with Crippen LogP contribution in [0.4, 0.5) is 0 Å². The lowest BCUT2D eigenvalue weighted by Crippen LogP contribution is -2.20. The van der Waals surface area contributed by atoms with Gasteiger partial charge in [-0.3, -0.25) is 4.79 Å². The summed E-state index contributed by atoms with van der Waals surface area (Å²) in [6, 6.07) is 3.73. The van der Waals surface area contributed by atoms with E-state index in [4.69, 9.17) is 21.1 Å². The van der Waals surface area contributed by atoms with Gasteiger partial charge < -0.3 is 9.47 Å². The number of benzene rings is 1. The van der Waals surface area contributed by atoms with Crippen molar-refractivity contribution in [3.8, 4) is 5.75 Å². The molecule has 0 saturated heterocycles. The largest absolute Gasteiger partial charge is 0.492 e. The molecule has 0 unspecified atom stereocenters. The smallest absolute Gasteiger partial charge is 0.145 e. The zero-order chi connectivity index (χ0) is 16.3. The molecule has 0 heterocycles. The van der Waals surface area contributed by atoms with Crippen LogP contribution in [0.3, 0.4) is 0 Å². The van der Waals surface area contributed by atoms with Crippen molar-refractivity contribution in [2.24, 2.45) is 5.41 Å². The molecule has 0 N–H and O–H groups in total. The topological polar surface area (TPSA) is 35.5 Å². The zero-order valence-electron chi connectivity index (χ0n) is 13.2. The number of hydrogen-bond acceptors (Lipinski definition) is 3. The van der Waals surface area contributed by atoms with Crippen molar-refractivity contribution in [1.82, 2.24) is 0 Å². The first-order chi connectivity index (χ1) is 10.4. The van der Waals surface area contributed by atoms with E-state index in [-0.39, 0.29) is 11.3 Å². The molecule has 2 rings (SSSR count). The van der Waals surface area contributed by atoms with Crippen LogP contribution in [0.2, 0.25) is 5.02 Å². The minimum atomic E-state index is -0.247. The normalized spacial score (nSPS) is 20.4. The molecule has 0 aliphatic heterocycles. The third-order valence-corrected chi connectivity index (χ3v) is 5.20. The summed E-state index contributed by atoms with van der Waals surface area (Å²) >= 11 is 9.78. The van der Waals surface area contributed by atoms with Crippen molar-refractivity contribution >= 4 is 33.3 Å². The van der Waals surface area contributed by atoms with E-state index in [1.807, 2.05) is 26.0 Å². The second-order valence-corrected chi connectivity index (χ2v) is 7.60. The van der Waals surface area contributed by atoms with Crippen molar-refractivity contribution in [3.05, 3.63) is 27.2 Å². The van der Waals surface area contributed by atoms with Crippen LogP contribution in [0.25, 0.3) is 0 Å². The van der Waals surface area contributed by atoms with E-state index in [0.29, 0.717) is 29.8 Å². The lowest BCUT2D eigenvalue weighted by molar-refractivity contribution is -0.125. The quantitative estimate of drug-likeness (QED) is 0.643. The molecule has 22 heavy (non-hydrogen) atoms. The Hall–Kier alpha value is -0.580. The molecular weight excluding hydrogens is 368 g/mol. The number of hydrogen-bond donors (Lipinski definition) is 0. The molecule has 1 aliphatic carbocycles. The molecule has 5 heteroatoms. The fourth-order valence-electron chi connectivity index (χ4n) is 2.84. The molecule has 122 valence electrons. The monoisotopic (exact) mass is 388 g/mol. The first-order valence-corrected chi connectivity index (χ1v) is 8.69. The maximum Gasteiger partial charge on any atom is 0.145 e. The van der Waals surface area contributed by atoms with Crippen LogP contribution in [0.5, 0.6) is 5.75 Å². The van der Waals surface area contributed by atoms with Gasteiger partial charge >= 0.3 is 0 Å². The molecule has 0 aromatic heterocycles. The van der Waals surface area contributed by atoms with Gasteiger partial charge in [-0.05, 0) is 30.5 Å². The van der Waals surface area contributed by atoms with Crippen molar-refractivity contribution in [2.75, 3.05) is 20.3 Å². The molecular formula is C17H22BrClO3. The zero-order valence-corrected chi connectivity index (χ0v) is 15.6. The number of carbonyl (C=O) groups is 1. The standard InChI is InChI=1S/C17H22BrClO3/c1-17(2)6-5-11(16(17)20)12-9-15(14(19)10-13(12)18)22-8-4-7-21-3/h9-11H,4-8H2,1-3H3/t11-/m0/s1. The Morgan fingerprint density at radius 3 is 2.68 bits per heavy atom. The predicted octanol–water partition coefficient (Wildman–Crippen LogP) is 4.99. The van der Waals surface area contributed by atoms with Gasteiger partial charge in [0.2, 0.25) is 0 Å². The Kier molecular flexibility index (Phi) is 5.92. The molecule has 1 atom stereocenters. The summed E-state index contributed by atoms with van der Waals surface area (Å²) in [7, 11) is 1.66. The Balaban J connectivity index is 2.20. The van der Waals surface area contributed by atoms with Crippen LogP contribution in [0.15, 0.2) is 16.6 Å². The fourth-order valence-corrected chi connectivity index (χ4v) is 3.81. The summed E-state index contributed by atoms with van der Waals surface area (Å²) in [5.74, 6) is 0.845. The van der Waals surface area contributed by atoms with Gasteiger partial charge in [0.15, 0.2) is 0 Å². The van der Waals surface area contributed by atoms with Crippen LogP contribution in [0.1, 0.15) is 44.6 Å². The molecule has 0 bridgehead atoms. The van der Waals surface area contributed by atoms with Gasteiger partial charge in [0.05, 0.1) is 11.6 Å². The minimum Gasteiger partial charge on any atom is -0.492 e. The van der Waals surface area contributed by atoms with Gasteiger partial charge in [-0.1, -0.05) is 41.4 Å². The number of halogens is 2. The van der Waals surface area contributed by atoms with Gasteiger partial charge in [0, 0.05) is 35.9 Å². The summed E-state index contributed by atoms with van der Waals surface area (Å²) in [4.78, 5) is 12.6. The summed E-state index contributed by atoms with van der Waals surface area (Å²) < 4.78 is 11.6. The van der Waals surface area contributed by atoms with E-state index >= 15 is 0 Å². The lowest BCUT2D eigenvalue weighted by atomic mass is 9.87. The molecule has 1 aliphatic rings. The van der Waals surface area contributed by atoms with Crippen LogP contribution < -0.4 is 4.74 Å². The highest BCUT2D eigenvalue weighted by Crippen LogP contribution is 2.46. The molecule has 0 spiro atoms.